The van der Waals surface area contributed by atoms with Crippen molar-refractivity contribution in [2.45, 2.75) is 32.7 Å². The SMILES string of the molecule is C=CC(=O)N1CCN2c3c(c(=O)n(-c4c(C)ccnc4C(C)C)c4nc(-c5c(F)cccc5OC)c(F)cc34)OC[C@@H]2C1. The molecule has 0 radical (unpaired) electrons. The number of methoxy groups -OCH3 is 1. The Hall–Kier alpha value is -4.80. The summed E-state index contributed by atoms with van der Waals surface area (Å²) >= 11 is 0. The zero-order valence-electron chi connectivity index (χ0n) is 24.4. The number of hydrogen-bond donors (Lipinski definition) is 0. The lowest BCUT2D eigenvalue weighted by Crippen LogP contribution is -2.58. The molecule has 11 heteroatoms. The number of amides is 1. The molecule has 0 bridgehead atoms. The number of fused-ring (bicyclic) bond motifs is 5. The van der Waals surface area contributed by atoms with Gasteiger partial charge in [0.1, 0.15) is 23.9 Å². The molecule has 2 aliphatic heterocycles. The maximum absolute atomic E-state index is 16.1. The van der Waals surface area contributed by atoms with Gasteiger partial charge in [-0.1, -0.05) is 26.5 Å². The molecule has 0 N–H and O–H groups in total. The molecule has 0 spiro atoms. The third-order valence-electron chi connectivity index (χ3n) is 8.07. The molecule has 1 atom stereocenters. The topological polar surface area (TPSA) is 89.8 Å². The van der Waals surface area contributed by atoms with E-state index < -0.39 is 17.2 Å². The average Bonchev–Trinajstić information content (AvgIpc) is 3.00. The second kappa shape index (κ2) is 10.8. The molecule has 5 heterocycles. The zero-order valence-corrected chi connectivity index (χ0v) is 24.4. The van der Waals surface area contributed by atoms with E-state index in [0.717, 1.165) is 5.56 Å². The molecule has 0 saturated carbocycles. The molecule has 6 rings (SSSR count). The van der Waals surface area contributed by atoms with Crippen LogP contribution in [0, 0.1) is 18.6 Å². The molecular weight excluding hydrogens is 556 g/mol. The van der Waals surface area contributed by atoms with E-state index in [9.17, 15) is 9.59 Å². The number of pyridine rings is 3. The Bertz CT molecular complexity index is 1850. The Kier molecular flexibility index (Phi) is 7.11. The molecule has 2 aliphatic rings. The highest BCUT2D eigenvalue weighted by molar-refractivity contribution is 5.97. The number of nitrogens with zero attached hydrogens (tertiary/aromatic N) is 5. The first kappa shape index (κ1) is 28.3. The minimum Gasteiger partial charge on any atom is -0.496 e. The molecule has 1 aromatic carbocycles. The third-order valence-corrected chi connectivity index (χ3v) is 8.07. The minimum atomic E-state index is -0.794. The molecule has 222 valence electrons. The van der Waals surface area contributed by atoms with Crippen molar-refractivity contribution in [2.24, 2.45) is 0 Å². The monoisotopic (exact) mass is 587 g/mol. The summed E-state index contributed by atoms with van der Waals surface area (Å²) in [6, 6.07) is 6.96. The van der Waals surface area contributed by atoms with Gasteiger partial charge in [0, 0.05) is 31.2 Å². The van der Waals surface area contributed by atoms with Crippen LogP contribution >= 0.6 is 0 Å². The number of carbonyl (C=O) groups excluding carboxylic acids is 1. The van der Waals surface area contributed by atoms with Crippen LogP contribution in [0.2, 0.25) is 0 Å². The van der Waals surface area contributed by atoms with Gasteiger partial charge >= 0.3 is 5.56 Å². The fourth-order valence-corrected chi connectivity index (χ4v) is 6.03. The van der Waals surface area contributed by atoms with Crippen LogP contribution in [0.15, 0.2) is 54.0 Å². The largest absolute Gasteiger partial charge is 0.496 e. The van der Waals surface area contributed by atoms with Gasteiger partial charge in [0.25, 0.3) is 0 Å². The van der Waals surface area contributed by atoms with E-state index in [0.29, 0.717) is 42.1 Å². The van der Waals surface area contributed by atoms with Gasteiger partial charge in [-0.2, -0.15) is 0 Å². The summed E-state index contributed by atoms with van der Waals surface area (Å²) in [5.41, 5.74) is 1.48. The minimum absolute atomic E-state index is 0.0580. The first-order valence-corrected chi connectivity index (χ1v) is 14.0. The molecular formula is C32H31F2N5O4. The van der Waals surface area contributed by atoms with E-state index in [2.05, 4.69) is 16.5 Å². The van der Waals surface area contributed by atoms with Gasteiger partial charge in [-0.05, 0) is 48.7 Å². The first-order chi connectivity index (χ1) is 20.7. The number of benzene rings is 1. The molecule has 3 aromatic heterocycles. The van der Waals surface area contributed by atoms with Crippen molar-refractivity contribution in [3.63, 3.8) is 0 Å². The number of ether oxygens (including phenoxy) is 2. The van der Waals surface area contributed by atoms with Gasteiger partial charge in [-0.25, -0.2) is 13.8 Å². The van der Waals surface area contributed by atoms with Crippen molar-refractivity contribution in [2.75, 3.05) is 38.3 Å². The van der Waals surface area contributed by atoms with Crippen LogP contribution in [-0.2, 0) is 4.79 Å². The Morgan fingerprint density at radius 2 is 1.98 bits per heavy atom. The van der Waals surface area contributed by atoms with Crippen molar-refractivity contribution in [3.05, 3.63) is 82.4 Å². The number of hydrogen-bond acceptors (Lipinski definition) is 7. The van der Waals surface area contributed by atoms with Crippen LogP contribution in [0.4, 0.5) is 14.5 Å². The summed E-state index contributed by atoms with van der Waals surface area (Å²) in [4.78, 5) is 39.7. The summed E-state index contributed by atoms with van der Waals surface area (Å²) in [5.74, 6) is -1.62. The van der Waals surface area contributed by atoms with Crippen molar-refractivity contribution in [1.29, 1.82) is 0 Å². The fraction of sp³-hybridized carbons (Fsp3) is 0.312. The van der Waals surface area contributed by atoms with Crippen LogP contribution in [0.1, 0.15) is 31.0 Å². The van der Waals surface area contributed by atoms with Crippen molar-refractivity contribution in [3.8, 4) is 28.4 Å². The van der Waals surface area contributed by atoms with Gasteiger partial charge < -0.3 is 19.3 Å². The van der Waals surface area contributed by atoms with Gasteiger partial charge in [-0.15, -0.1) is 0 Å². The molecule has 0 aliphatic carbocycles. The highest BCUT2D eigenvalue weighted by Crippen LogP contribution is 2.42. The van der Waals surface area contributed by atoms with Gasteiger partial charge in [0.05, 0.1) is 35.8 Å². The van der Waals surface area contributed by atoms with Crippen LogP contribution in [0.25, 0.3) is 28.0 Å². The van der Waals surface area contributed by atoms with Crippen molar-refractivity contribution in [1.82, 2.24) is 19.4 Å². The van der Waals surface area contributed by atoms with Gasteiger partial charge in [0.2, 0.25) is 11.7 Å². The second-order valence-corrected chi connectivity index (χ2v) is 11.0. The Morgan fingerprint density at radius 1 is 1.19 bits per heavy atom. The van der Waals surface area contributed by atoms with E-state index in [4.69, 9.17) is 9.47 Å². The van der Waals surface area contributed by atoms with Gasteiger partial charge in [0.15, 0.2) is 11.5 Å². The zero-order chi connectivity index (χ0) is 30.6. The lowest BCUT2D eigenvalue weighted by molar-refractivity contribution is -0.127. The second-order valence-electron chi connectivity index (χ2n) is 11.0. The Labute approximate surface area is 247 Å². The van der Waals surface area contributed by atoms with Crippen molar-refractivity contribution < 1.29 is 23.0 Å². The van der Waals surface area contributed by atoms with Crippen LogP contribution in [-0.4, -0.2) is 64.7 Å². The number of piperazine rings is 1. The quantitative estimate of drug-likeness (QED) is 0.311. The molecule has 4 aromatic rings. The summed E-state index contributed by atoms with van der Waals surface area (Å²) in [6.45, 7) is 10.6. The van der Waals surface area contributed by atoms with Crippen molar-refractivity contribution >= 4 is 22.6 Å². The number of halogens is 2. The lowest BCUT2D eigenvalue weighted by atomic mass is 10.0. The predicted octanol–water partition coefficient (Wildman–Crippen LogP) is 4.76. The van der Waals surface area contributed by atoms with Crippen LogP contribution < -0.4 is 19.9 Å². The number of aryl methyl sites for hydroxylation is 1. The van der Waals surface area contributed by atoms with Crippen LogP contribution in [0.5, 0.6) is 11.5 Å². The normalized spacial score (nSPS) is 16.1. The van der Waals surface area contributed by atoms with E-state index in [-0.39, 0.29) is 52.9 Å². The van der Waals surface area contributed by atoms with E-state index in [1.807, 2.05) is 25.7 Å². The number of aromatic nitrogens is 3. The number of carbonyl (C=O) groups is 1. The Morgan fingerprint density at radius 3 is 2.70 bits per heavy atom. The lowest BCUT2D eigenvalue weighted by Gasteiger charge is -2.45. The van der Waals surface area contributed by atoms with Gasteiger partial charge in [-0.3, -0.25) is 19.1 Å². The Balaban J connectivity index is 1.70. The maximum Gasteiger partial charge on any atom is 0.301 e. The number of anilines is 1. The highest BCUT2D eigenvalue weighted by atomic mass is 19.1. The molecule has 9 nitrogen and oxygen atoms in total. The smallest absolute Gasteiger partial charge is 0.301 e. The summed E-state index contributed by atoms with van der Waals surface area (Å²) in [6.07, 6.45) is 2.94. The van der Waals surface area contributed by atoms with Crippen LogP contribution in [0.3, 0.4) is 0 Å². The summed E-state index contributed by atoms with van der Waals surface area (Å²) in [7, 11) is 1.37. The standard InChI is InChI=1S/C32H31F2N5O4/c1-6-24(40)37-12-13-38-19(15-37)16-43-30-29(38)20-14-22(34)27(25-21(33)8-7-9-23(25)42-5)36-31(20)39(32(30)41)28-18(4)10-11-35-26(28)17(2)3/h6-11,14,17,19H,1,12-13,15-16H2,2-5H3/t19-/m0/s1. The first-order valence-electron chi connectivity index (χ1n) is 14.0. The maximum atomic E-state index is 16.1. The fourth-order valence-electron chi connectivity index (χ4n) is 6.03. The molecule has 43 heavy (non-hydrogen) atoms. The average molecular weight is 588 g/mol. The number of rotatable bonds is 5. The predicted molar refractivity (Wildman–Crippen MR) is 159 cm³/mol. The van der Waals surface area contributed by atoms with E-state index in [1.165, 1.54) is 42.0 Å². The van der Waals surface area contributed by atoms with E-state index in [1.54, 1.807) is 17.2 Å². The third kappa shape index (κ3) is 4.50. The molecule has 1 fully saturated rings. The summed E-state index contributed by atoms with van der Waals surface area (Å²) < 4.78 is 44.2. The molecule has 1 amide bonds. The molecule has 0 unspecified atom stereocenters. The summed E-state index contributed by atoms with van der Waals surface area (Å²) in [5, 5.41) is 0.317. The highest BCUT2D eigenvalue weighted by Gasteiger charge is 2.38. The van der Waals surface area contributed by atoms with E-state index >= 15 is 8.78 Å². The molecule has 1 saturated heterocycles.